The van der Waals surface area contributed by atoms with Gasteiger partial charge in [-0.25, -0.2) is 4.79 Å². The summed E-state index contributed by atoms with van der Waals surface area (Å²) in [4.78, 5) is 33.1. The van der Waals surface area contributed by atoms with Gasteiger partial charge in [0.2, 0.25) is 5.91 Å². The van der Waals surface area contributed by atoms with Gasteiger partial charge in [0.25, 0.3) is 0 Å². The van der Waals surface area contributed by atoms with E-state index in [1.54, 1.807) is 13.8 Å². The third-order valence-electron chi connectivity index (χ3n) is 2.05. The van der Waals surface area contributed by atoms with E-state index in [2.05, 4.69) is 10.1 Å². The van der Waals surface area contributed by atoms with Crippen LogP contribution in [0.5, 0.6) is 0 Å². The molecule has 7 heteroatoms. The summed E-state index contributed by atoms with van der Waals surface area (Å²) >= 11 is 0. The molecular formula is C11H19NO6. The summed E-state index contributed by atoms with van der Waals surface area (Å²) in [6.07, 6.45) is -0.206. The second-order valence-electron chi connectivity index (χ2n) is 3.93. The van der Waals surface area contributed by atoms with Gasteiger partial charge < -0.3 is 19.9 Å². The highest BCUT2D eigenvalue weighted by Gasteiger charge is 2.21. The number of ether oxygens (including phenoxy) is 2. The minimum absolute atomic E-state index is 0.0184. The number of esters is 1. The molecule has 18 heavy (non-hydrogen) atoms. The number of nitrogens with one attached hydrogen (secondary N) is 1. The zero-order chi connectivity index (χ0) is 14.1. The van der Waals surface area contributed by atoms with Crippen molar-refractivity contribution in [2.75, 3.05) is 13.7 Å². The number of amides is 1. The van der Waals surface area contributed by atoms with Crippen molar-refractivity contribution < 1.29 is 29.0 Å². The quantitative estimate of drug-likeness (QED) is 0.593. The van der Waals surface area contributed by atoms with Crippen molar-refractivity contribution in [3.05, 3.63) is 0 Å². The molecule has 0 aromatic heterocycles. The largest absolute Gasteiger partial charge is 0.480 e. The molecule has 0 fully saturated rings. The minimum atomic E-state index is -1.20. The predicted molar refractivity (Wildman–Crippen MR) is 61.9 cm³/mol. The lowest BCUT2D eigenvalue weighted by Crippen LogP contribution is -2.43. The predicted octanol–water partition coefficient (Wildman–Crippen LogP) is -0.0660. The van der Waals surface area contributed by atoms with Crippen LogP contribution >= 0.6 is 0 Å². The number of rotatable bonds is 8. The molecular weight excluding hydrogens is 242 g/mol. The second-order valence-corrected chi connectivity index (χ2v) is 3.93. The van der Waals surface area contributed by atoms with E-state index >= 15 is 0 Å². The molecule has 2 N–H and O–H groups in total. The number of hydrogen-bond donors (Lipinski definition) is 2. The summed E-state index contributed by atoms with van der Waals surface area (Å²) < 4.78 is 9.43. The molecule has 7 nitrogen and oxygen atoms in total. The maximum absolute atomic E-state index is 11.4. The molecule has 0 saturated carbocycles. The average molecular weight is 261 g/mol. The van der Waals surface area contributed by atoms with E-state index in [0.717, 1.165) is 0 Å². The number of methoxy groups -OCH3 is 1. The summed E-state index contributed by atoms with van der Waals surface area (Å²) in [6.45, 7) is 3.32. The molecule has 0 aliphatic heterocycles. The lowest BCUT2D eigenvalue weighted by atomic mass is 10.1. The Bertz CT molecular complexity index is 302. The van der Waals surface area contributed by atoms with Crippen LogP contribution in [0.25, 0.3) is 0 Å². The SMILES string of the molecule is COC(=O)CCC(NC(=O)COC(C)C)C(=O)O. The standard InChI is InChI=1S/C11H19NO6/c1-7(2)18-6-9(13)12-8(11(15)16)4-5-10(14)17-3/h7-8H,4-6H2,1-3H3,(H,12,13)(H,15,16). The monoisotopic (exact) mass is 261 g/mol. The smallest absolute Gasteiger partial charge is 0.326 e. The van der Waals surface area contributed by atoms with Crippen LogP contribution < -0.4 is 5.32 Å². The first-order valence-electron chi connectivity index (χ1n) is 5.57. The van der Waals surface area contributed by atoms with Gasteiger partial charge in [-0.1, -0.05) is 0 Å². The van der Waals surface area contributed by atoms with Gasteiger partial charge in [0.05, 0.1) is 13.2 Å². The zero-order valence-electron chi connectivity index (χ0n) is 10.8. The summed E-state index contributed by atoms with van der Waals surface area (Å²) in [6, 6.07) is -1.12. The van der Waals surface area contributed by atoms with Gasteiger partial charge in [-0.15, -0.1) is 0 Å². The first-order chi connectivity index (χ1) is 8.36. The fourth-order valence-corrected chi connectivity index (χ4v) is 1.10. The Kier molecular flexibility index (Phi) is 7.69. The third kappa shape index (κ3) is 7.61. The number of carbonyl (C=O) groups excluding carboxylic acids is 2. The molecule has 1 unspecified atom stereocenters. The molecule has 0 spiro atoms. The van der Waals surface area contributed by atoms with Gasteiger partial charge in [0, 0.05) is 6.42 Å². The fourth-order valence-electron chi connectivity index (χ4n) is 1.10. The Hall–Kier alpha value is -1.63. The summed E-state index contributed by atoms with van der Waals surface area (Å²) in [5, 5.41) is 11.2. The van der Waals surface area contributed by atoms with Gasteiger partial charge in [-0.05, 0) is 20.3 Å². The molecule has 0 aliphatic rings. The molecule has 104 valence electrons. The lowest BCUT2D eigenvalue weighted by molar-refractivity contribution is -0.144. The van der Waals surface area contributed by atoms with Crippen molar-refractivity contribution in [2.24, 2.45) is 0 Å². The van der Waals surface area contributed by atoms with Crippen molar-refractivity contribution in [1.82, 2.24) is 5.32 Å². The van der Waals surface area contributed by atoms with Crippen LogP contribution in [0.4, 0.5) is 0 Å². The Morgan fingerprint density at radius 2 is 1.89 bits per heavy atom. The Labute approximate surface area is 105 Å². The maximum Gasteiger partial charge on any atom is 0.326 e. The van der Waals surface area contributed by atoms with E-state index in [9.17, 15) is 14.4 Å². The molecule has 0 bridgehead atoms. The second kappa shape index (κ2) is 8.46. The number of hydrogen-bond acceptors (Lipinski definition) is 5. The average Bonchev–Trinajstić information content (AvgIpc) is 2.30. The molecule has 0 aromatic carbocycles. The lowest BCUT2D eigenvalue weighted by Gasteiger charge is -2.14. The third-order valence-corrected chi connectivity index (χ3v) is 2.05. The van der Waals surface area contributed by atoms with Crippen LogP contribution in [0.2, 0.25) is 0 Å². The summed E-state index contributed by atoms with van der Waals surface area (Å²) in [5.41, 5.74) is 0. The number of carboxylic acids is 1. The highest BCUT2D eigenvalue weighted by atomic mass is 16.5. The van der Waals surface area contributed by atoms with Crippen LogP contribution in [0.15, 0.2) is 0 Å². The van der Waals surface area contributed by atoms with Crippen molar-refractivity contribution in [3.63, 3.8) is 0 Å². The van der Waals surface area contributed by atoms with Crippen molar-refractivity contribution in [1.29, 1.82) is 0 Å². The van der Waals surface area contributed by atoms with E-state index in [4.69, 9.17) is 9.84 Å². The number of carboxylic acid groups (broad SMARTS) is 1. The van der Waals surface area contributed by atoms with Gasteiger partial charge in [0.1, 0.15) is 12.6 Å². The molecule has 0 aromatic rings. The van der Waals surface area contributed by atoms with E-state index in [-0.39, 0.29) is 25.6 Å². The van der Waals surface area contributed by atoms with Crippen molar-refractivity contribution >= 4 is 17.8 Å². The van der Waals surface area contributed by atoms with Crippen LogP contribution in [-0.4, -0.2) is 48.8 Å². The molecule has 0 radical (unpaired) electrons. The highest BCUT2D eigenvalue weighted by molar-refractivity contribution is 5.84. The van der Waals surface area contributed by atoms with Crippen LogP contribution in [0.3, 0.4) is 0 Å². The molecule has 0 heterocycles. The van der Waals surface area contributed by atoms with Gasteiger partial charge >= 0.3 is 11.9 Å². The van der Waals surface area contributed by atoms with E-state index in [0.29, 0.717) is 0 Å². The number of carbonyl (C=O) groups is 3. The van der Waals surface area contributed by atoms with Gasteiger partial charge in [0.15, 0.2) is 0 Å². The number of aliphatic carboxylic acids is 1. The molecule has 1 amide bonds. The van der Waals surface area contributed by atoms with Crippen LogP contribution in [0.1, 0.15) is 26.7 Å². The van der Waals surface area contributed by atoms with Gasteiger partial charge in [-0.3, -0.25) is 9.59 Å². The first-order valence-corrected chi connectivity index (χ1v) is 5.57. The molecule has 0 rings (SSSR count). The van der Waals surface area contributed by atoms with E-state index < -0.39 is 23.9 Å². The fraction of sp³-hybridized carbons (Fsp3) is 0.727. The zero-order valence-corrected chi connectivity index (χ0v) is 10.8. The van der Waals surface area contributed by atoms with Gasteiger partial charge in [-0.2, -0.15) is 0 Å². The molecule has 1 atom stereocenters. The highest BCUT2D eigenvalue weighted by Crippen LogP contribution is 2.00. The minimum Gasteiger partial charge on any atom is -0.480 e. The summed E-state index contributed by atoms with van der Waals surface area (Å²) in [7, 11) is 1.22. The summed E-state index contributed by atoms with van der Waals surface area (Å²) in [5.74, 6) is -2.24. The normalized spacial score (nSPS) is 12.0. The first kappa shape index (κ1) is 16.4. The Morgan fingerprint density at radius 1 is 1.28 bits per heavy atom. The van der Waals surface area contributed by atoms with E-state index in [1.807, 2.05) is 0 Å². The van der Waals surface area contributed by atoms with E-state index in [1.165, 1.54) is 7.11 Å². The molecule has 0 aliphatic carbocycles. The Balaban J connectivity index is 4.15. The van der Waals surface area contributed by atoms with Crippen molar-refractivity contribution in [3.8, 4) is 0 Å². The Morgan fingerprint density at radius 3 is 2.33 bits per heavy atom. The van der Waals surface area contributed by atoms with Crippen molar-refractivity contribution in [2.45, 2.75) is 38.8 Å². The molecule has 0 saturated heterocycles. The van der Waals surface area contributed by atoms with Crippen LogP contribution in [-0.2, 0) is 23.9 Å². The maximum atomic E-state index is 11.4. The topological polar surface area (TPSA) is 102 Å². The van der Waals surface area contributed by atoms with Crippen LogP contribution in [0, 0.1) is 0 Å².